The number of ether oxygens (including phenoxy) is 1. The minimum Gasteiger partial charge on any atom is -0.507 e. The fourth-order valence-corrected chi connectivity index (χ4v) is 3.84. The van der Waals surface area contributed by atoms with Crippen molar-refractivity contribution in [1.82, 2.24) is 0 Å². The molecule has 1 N–H and O–H groups in total. The molecule has 0 saturated heterocycles. The van der Waals surface area contributed by atoms with Gasteiger partial charge >= 0.3 is 0 Å². The largest absolute Gasteiger partial charge is 0.507 e. The van der Waals surface area contributed by atoms with E-state index in [4.69, 9.17) is 4.74 Å². The molecule has 0 amide bonds. The van der Waals surface area contributed by atoms with E-state index in [9.17, 15) is 5.11 Å². The zero-order valence-corrected chi connectivity index (χ0v) is 19.8. The lowest BCUT2D eigenvalue weighted by Gasteiger charge is -2.07. The van der Waals surface area contributed by atoms with Gasteiger partial charge in [-0.15, -0.1) is 5.10 Å². The van der Waals surface area contributed by atoms with E-state index < -0.39 is 0 Å². The van der Waals surface area contributed by atoms with Crippen molar-refractivity contribution in [2.24, 2.45) is 10.2 Å². The maximum Gasteiger partial charge on any atom is 0.128 e. The van der Waals surface area contributed by atoms with Gasteiger partial charge < -0.3 is 9.84 Å². The van der Waals surface area contributed by atoms with Crippen molar-refractivity contribution in [3.05, 3.63) is 89.5 Å². The van der Waals surface area contributed by atoms with Gasteiger partial charge in [-0.05, 0) is 36.1 Å². The molecule has 2 aromatic carbocycles. The van der Waals surface area contributed by atoms with Gasteiger partial charge in [0.2, 0.25) is 0 Å². The fraction of sp³-hybridized carbons (Fsp3) is 0.310. The van der Waals surface area contributed by atoms with E-state index in [1.54, 1.807) is 18.3 Å². The molecule has 0 unspecified atom stereocenters. The molecule has 0 aromatic heterocycles. The van der Waals surface area contributed by atoms with Crippen LogP contribution in [0.2, 0.25) is 0 Å². The number of benzene rings is 2. The van der Waals surface area contributed by atoms with Gasteiger partial charge in [0.05, 0.1) is 12.8 Å². The Labute approximate surface area is 197 Å². The highest BCUT2D eigenvalue weighted by Crippen LogP contribution is 2.35. The quantitative estimate of drug-likeness (QED) is 0.210. The molecule has 172 valence electrons. The van der Waals surface area contributed by atoms with Gasteiger partial charge in [-0.1, -0.05) is 88.6 Å². The summed E-state index contributed by atoms with van der Waals surface area (Å²) in [5.41, 5.74) is 5.62. The SMILES string of the molecule is C=CC1=C(/C=C\CC)/C(=N\N=C\c2ccc(OCCCCCCC)cc2O)c2ccccc21. The maximum absolute atomic E-state index is 10.4. The standard InChI is InChI=1S/C29H34N2O2/c1-4-7-9-10-13-19-33-23-18-17-22(28(32)20-23)21-30-31-29-26(14-8-5-2)24(6-3)25-15-11-12-16-27(25)29/h6,8,11-12,14-18,20-21,32H,3-5,7,9-10,13,19H2,1-2H3/b14-8-,30-21+,31-29+. The van der Waals surface area contributed by atoms with Gasteiger partial charge in [0, 0.05) is 22.8 Å². The number of hydrogen-bond acceptors (Lipinski definition) is 4. The molecule has 3 rings (SSSR count). The van der Waals surface area contributed by atoms with Crippen LogP contribution in [0.1, 0.15) is 69.1 Å². The van der Waals surface area contributed by atoms with E-state index in [2.05, 4.69) is 48.8 Å². The highest BCUT2D eigenvalue weighted by molar-refractivity contribution is 6.26. The van der Waals surface area contributed by atoms with Crippen LogP contribution in [0.15, 0.2) is 83.0 Å². The summed E-state index contributed by atoms with van der Waals surface area (Å²) in [5.74, 6) is 0.796. The molecular weight excluding hydrogens is 408 g/mol. The van der Waals surface area contributed by atoms with Crippen LogP contribution in [0.3, 0.4) is 0 Å². The Kier molecular flexibility index (Phi) is 9.25. The Morgan fingerprint density at radius 3 is 2.48 bits per heavy atom. The van der Waals surface area contributed by atoms with Crippen LogP contribution in [0.25, 0.3) is 5.57 Å². The van der Waals surface area contributed by atoms with Crippen LogP contribution in [0.5, 0.6) is 11.5 Å². The van der Waals surface area contributed by atoms with Crippen molar-refractivity contribution >= 4 is 17.5 Å². The number of aromatic hydroxyl groups is 1. The topological polar surface area (TPSA) is 54.2 Å². The Balaban J connectivity index is 1.73. The van der Waals surface area contributed by atoms with Gasteiger partial charge in [-0.3, -0.25) is 0 Å². The van der Waals surface area contributed by atoms with Gasteiger partial charge in [-0.25, -0.2) is 0 Å². The first-order valence-electron chi connectivity index (χ1n) is 11.9. The second kappa shape index (κ2) is 12.6. The van der Waals surface area contributed by atoms with Crippen LogP contribution in [0.4, 0.5) is 0 Å². The van der Waals surface area contributed by atoms with Crippen molar-refractivity contribution in [1.29, 1.82) is 0 Å². The Morgan fingerprint density at radius 1 is 0.970 bits per heavy atom. The molecule has 0 bridgehead atoms. The summed E-state index contributed by atoms with van der Waals surface area (Å²) in [4.78, 5) is 0. The van der Waals surface area contributed by atoms with Crippen LogP contribution in [-0.2, 0) is 0 Å². The molecule has 2 aromatic rings. The summed E-state index contributed by atoms with van der Waals surface area (Å²) in [7, 11) is 0. The summed E-state index contributed by atoms with van der Waals surface area (Å²) in [6, 6.07) is 13.4. The Bertz CT molecular complexity index is 1080. The predicted octanol–water partition coefficient (Wildman–Crippen LogP) is 7.48. The molecule has 0 spiro atoms. The van der Waals surface area contributed by atoms with Crippen LogP contribution < -0.4 is 4.74 Å². The third-order valence-corrected chi connectivity index (χ3v) is 5.62. The molecule has 1 aliphatic carbocycles. The van der Waals surface area contributed by atoms with E-state index in [0.717, 1.165) is 40.8 Å². The molecule has 0 saturated carbocycles. The van der Waals surface area contributed by atoms with Gasteiger partial charge in [0.15, 0.2) is 0 Å². The number of phenols is 1. The maximum atomic E-state index is 10.4. The summed E-state index contributed by atoms with van der Waals surface area (Å²) >= 11 is 0. The lowest BCUT2D eigenvalue weighted by Crippen LogP contribution is -1.99. The van der Waals surface area contributed by atoms with Gasteiger partial charge in [0.1, 0.15) is 17.2 Å². The van der Waals surface area contributed by atoms with E-state index >= 15 is 0 Å². The average Bonchev–Trinajstić information content (AvgIpc) is 3.13. The molecular formula is C29H34N2O2. The van der Waals surface area contributed by atoms with E-state index in [0.29, 0.717) is 17.9 Å². The molecule has 0 radical (unpaired) electrons. The van der Waals surface area contributed by atoms with E-state index in [1.807, 2.05) is 30.3 Å². The van der Waals surface area contributed by atoms with Gasteiger partial charge in [-0.2, -0.15) is 5.10 Å². The zero-order valence-electron chi connectivity index (χ0n) is 19.8. The third-order valence-electron chi connectivity index (χ3n) is 5.62. The number of nitrogens with zero attached hydrogens (tertiary/aromatic N) is 2. The summed E-state index contributed by atoms with van der Waals surface area (Å²) in [5, 5.41) is 19.2. The Morgan fingerprint density at radius 2 is 1.76 bits per heavy atom. The molecule has 0 fully saturated rings. The number of rotatable bonds is 12. The molecule has 4 heteroatoms. The molecule has 4 nitrogen and oxygen atoms in total. The van der Waals surface area contributed by atoms with Crippen LogP contribution in [-0.4, -0.2) is 23.6 Å². The minimum absolute atomic E-state index is 0.127. The zero-order chi connectivity index (χ0) is 23.5. The van der Waals surface area contributed by atoms with Crippen molar-refractivity contribution in [2.75, 3.05) is 6.61 Å². The van der Waals surface area contributed by atoms with Crippen molar-refractivity contribution in [3.8, 4) is 11.5 Å². The number of phenolic OH excluding ortho intramolecular Hbond substituents is 1. The summed E-state index contributed by atoms with van der Waals surface area (Å²) < 4.78 is 5.77. The first-order valence-corrected chi connectivity index (χ1v) is 11.9. The van der Waals surface area contributed by atoms with Crippen molar-refractivity contribution in [2.45, 2.75) is 52.4 Å². The minimum atomic E-state index is 0.127. The third kappa shape index (κ3) is 6.32. The lowest BCUT2D eigenvalue weighted by molar-refractivity contribution is 0.303. The van der Waals surface area contributed by atoms with Crippen LogP contribution >= 0.6 is 0 Å². The molecule has 0 atom stereocenters. The highest BCUT2D eigenvalue weighted by atomic mass is 16.5. The van der Waals surface area contributed by atoms with Crippen LogP contribution in [0, 0.1) is 0 Å². The number of fused-ring (bicyclic) bond motifs is 1. The smallest absolute Gasteiger partial charge is 0.128 e. The molecule has 0 aliphatic heterocycles. The summed E-state index contributed by atoms with van der Waals surface area (Å²) in [6.45, 7) is 8.96. The Hall–Kier alpha value is -3.40. The van der Waals surface area contributed by atoms with E-state index in [1.165, 1.54) is 25.7 Å². The number of hydrogen-bond donors (Lipinski definition) is 1. The second-order valence-electron chi connectivity index (χ2n) is 8.06. The number of allylic oxidation sites excluding steroid dienone is 5. The second-order valence-corrected chi connectivity index (χ2v) is 8.06. The fourth-order valence-electron chi connectivity index (χ4n) is 3.84. The first-order chi connectivity index (χ1) is 16.2. The lowest BCUT2D eigenvalue weighted by atomic mass is 10.1. The first kappa shape index (κ1) is 24.2. The van der Waals surface area contributed by atoms with E-state index in [-0.39, 0.29) is 5.75 Å². The average molecular weight is 443 g/mol. The normalized spacial score (nSPS) is 14.5. The summed E-state index contributed by atoms with van der Waals surface area (Å²) in [6.07, 6.45) is 14.5. The van der Waals surface area contributed by atoms with Crippen molar-refractivity contribution in [3.63, 3.8) is 0 Å². The molecule has 1 aliphatic rings. The van der Waals surface area contributed by atoms with Crippen molar-refractivity contribution < 1.29 is 9.84 Å². The molecule has 33 heavy (non-hydrogen) atoms. The molecule has 0 heterocycles. The number of unbranched alkanes of at least 4 members (excludes halogenated alkanes) is 4. The predicted molar refractivity (Wildman–Crippen MR) is 139 cm³/mol. The highest BCUT2D eigenvalue weighted by Gasteiger charge is 2.24. The monoisotopic (exact) mass is 442 g/mol. The van der Waals surface area contributed by atoms with Gasteiger partial charge in [0.25, 0.3) is 0 Å².